The standard InChI is InChI=1S/C28H21Cl2N3O2S/c1-17-7-9-18(10-8-17)25-14-21(20-5-3-4-6-26(20)35-2)22(15-31)28(33-25)36-16-27(34)32-19-11-12-23(29)24(30)13-19/h3-14H,16H2,1-2H3,(H,32,34). The van der Waals surface area contributed by atoms with Gasteiger partial charge in [-0.3, -0.25) is 4.79 Å². The topological polar surface area (TPSA) is 75.0 Å². The Morgan fingerprint density at radius 3 is 2.47 bits per heavy atom. The second-order valence-electron chi connectivity index (χ2n) is 7.88. The molecule has 1 heterocycles. The quantitative estimate of drug-likeness (QED) is 0.247. The van der Waals surface area contributed by atoms with E-state index in [9.17, 15) is 10.1 Å². The van der Waals surface area contributed by atoms with Gasteiger partial charge in [-0.25, -0.2) is 4.98 Å². The van der Waals surface area contributed by atoms with Crippen LogP contribution in [0.5, 0.6) is 5.75 Å². The molecule has 180 valence electrons. The van der Waals surface area contributed by atoms with E-state index < -0.39 is 0 Å². The Labute approximate surface area is 224 Å². The number of para-hydroxylation sites is 1. The highest BCUT2D eigenvalue weighted by Gasteiger charge is 2.19. The normalized spacial score (nSPS) is 10.5. The number of halogens is 2. The smallest absolute Gasteiger partial charge is 0.234 e. The monoisotopic (exact) mass is 533 g/mol. The Morgan fingerprint density at radius 2 is 1.78 bits per heavy atom. The van der Waals surface area contributed by atoms with Crippen LogP contribution in [0.15, 0.2) is 77.8 Å². The zero-order valence-corrected chi connectivity index (χ0v) is 21.8. The van der Waals surface area contributed by atoms with Crippen LogP contribution >= 0.6 is 35.0 Å². The van der Waals surface area contributed by atoms with Gasteiger partial charge in [0, 0.05) is 22.4 Å². The molecular formula is C28H21Cl2N3O2S. The molecule has 0 spiro atoms. The van der Waals surface area contributed by atoms with E-state index in [4.69, 9.17) is 32.9 Å². The van der Waals surface area contributed by atoms with Crippen molar-refractivity contribution in [3.05, 3.63) is 94.0 Å². The van der Waals surface area contributed by atoms with Gasteiger partial charge in [0.05, 0.1) is 34.2 Å². The number of thioether (sulfide) groups is 1. The fraction of sp³-hybridized carbons (Fsp3) is 0.107. The van der Waals surface area contributed by atoms with E-state index in [1.807, 2.05) is 61.5 Å². The molecule has 8 heteroatoms. The van der Waals surface area contributed by atoms with Crippen LogP contribution in [-0.4, -0.2) is 23.8 Å². The summed E-state index contributed by atoms with van der Waals surface area (Å²) in [6.45, 7) is 2.02. The summed E-state index contributed by atoms with van der Waals surface area (Å²) in [5.41, 5.74) is 5.10. The van der Waals surface area contributed by atoms with Gasteiger partial charge in [0.15, 0.2) is 0 Å². The number of hydrogen-bond donors (Lipinski definition) is 1. The molecule has 1 amide bonds. The summed E-state index contributed by atoms with van der Waals surface area (Å²) in [6.07, 6.45) is 0. The summed E-state index contributed by atoms with van der Waals surface area (Å²) in [4.78, 5) is 17.5. The van der Waals surface area contributed by atoms with Gasteiger partial charge >= 0.3 is 0 Å². The average molecular weight is 534 g/mol. The molecule has 36 heavy (non-hydrogen) atoms. The largest absolute Gasteiger partial charge is 0.496 e. The lowest BCUT2D eigenvalue weighted by Gasteiger charge is -2.15. The van der Waals surface area contributed by atoms with E-state index in [0.717, 1.165) is 16.7 Å². The van der Waals surface area contributed by atoms with Crippen LogP contribution < -0.4 is 10.1 Å². The molecule has 3 aromatic carbocycles. The zero-order chi connectivity index (χ0) is 25.7. The number of hydrogen-bond acceptors (Lipinski definition) is 5. The molecule has 0 saturated heterocycles. The Hall–Kier alpha value is -3.50. The molecule has 0 bridgehead atoms. The van der Waals surface area contributed by atoms with Crippen molar-refractivity contribution in [2.75, 3.05) is 18.2 Å². The van der Waals surface area contributed by atoms with E-state index in [2.05, 4.69) is 11.4 Å². The maximum absolute atomic E-state index is 12.7. The average Bonchev–Trinajstić information content (AvgIpc) is 2.89. The first-order valence-corrected chi connectivity index (χ1v) is 12.7. The molecule has 1 aromatic heterocycles. The lowest BCUT2D eigenvalue weighted by Crippen LogP contribution is -2.14. The summed E-state index contributed by atoms with van der Waals surface area (Å²) in [7, 11) is 1.59. The number of benzene rings is 3. The summed E-state index contributed by atoms with van der Waals surface area (Å²) >= 11 is 13.2. The first-order chi connectivity index (χ1) is 17.4. The van der Waals surface area contributed by atoms with E-state index >= 15 is 0 Å². The molecule has 4 rings (SSSR count). The fourth-order valence-corrected chi connectivity index (χ4v) is 4.69. The van der Waals surface area contributed by atoms with Gasteiger partial charge < -0.3 is 10.1 Å². The Balaban J connectivity index is 1.72. The first kappa shape index (κ1) is 25.6. The first-order valence-electron chi connectivity index (χ1n) is 10.9. The number of carbonyl (C=O) groups is 1. The van der Waals surface area contributed by atoms with Crippen molar-refractivity contribution in [2.45, 2.75) is 11.9 Å². The number of aromatic nitrogens is 1. The minimum atomic E-state index is -0.261. The van der Waals surface area contributed by atoms with Crippen LogP contribution in [0.3, 0.4) is 0 Å². The van der Waals surface area contributed by atoms with Gasteiger partial charge in [-0.05, 0) is 37.3 Å². The molecule has 1 N–H and O–H groups in total. The number of rotatable bonds is 7. The number of anilines is 1. The fourth-order valence-electron chi connectivity index (χ4n) is 3.59. The molecule has 4 aromatic rings. The van der Waals surface area contributed by atoms with Crippen molar-refractivity contribution in [3.63, 3.8) is 0 Å². The maximum atomic E-state index is 12.7. The van der Waals surface area contributed by atoms with Gasteiger partial charge in [-0.15, -0.1) is 0 Å². The maximum Gasteiger partial charge on any atom is 0.234 e. The molecule has 0 unspecified atom stereocenters. The highest BCUT2D eigenvalue weighted by Crippen LogP contribution is 2.38. The molecule has 0 atom stereocenters. The lowest BCUT2D eigenvalue weighted by molar-refractivity contribution is -0.113. The minimum absolute atomic E-state index is 0.0463. The number of nitrogens with zero attached hydrogens (tertiary/aromatic N) is 2. The Kier molecular flexibility index (Phi) is 8.17. The highest BCUT2D eigenvalue weighted by atomic mass is 35.5. The summed E-state index contributed by atoms with van der Waals surface area (Å²) in [6, 6.07) is 24.6. The molecule has 0 saturated carbocycles. The number of nitriles is 1. The van der Waals surface area contributed by atoms with Gasteiger partial charge in [-0.1, -0.05) is 83.0 Å². The van der Waals surface area contributed by atoms with Crippen molar-refractivity contribution in [1.29, 1.82) is 5.26 Å². The van der Waals surface area contributed by atoms with Gasteiger partial charge in [0.25, 0.3) is 0 Å². The summed E-state index contributed by atoms with van der Waals surface area (Å²) < 4.78 is 5.56. The van der Waals surface area contributed by atoms with Gasteiger partial charge in [0.1, 0.15) is 16.8 Å². The number of ether oxygens (including phenoxy) is 1. The molecule has 0 aliphatic rings. The number of aryl methyl sites for hydroxylation is 1. The molecular weight excluding hydrogens is 513 g/mol. The third-order valence-corrected chi connectivity index (χ3v) is 7.10. The number of amides is 1. The lowest BCUT2D eigenvalue weighted by atomic mass is 9.98. The summed E-state index contributed by atoms with van der Waals surface area (Å²) in [5, 5.41) is 14.1. The molecule has 5 nitrogen and oxygen atoms in total. The number of pyridine rings is 1. The van der Waals surface area contributed by atoms with Crippen molar-refractivity contribution in [3.8, 4) is 34.2 Å². The zero-order valence-electron chi connectivity index (χ0n) is 19.5. The Morgan fingerprint density at radius 1 is 1.03 bits per heavy atom. The van der Waals surface area contributed by atoms with Crippen molar-refractivity contribution in [1.82, 2.24) is 4.98 Å². The number of carbonyl (C=O) groups excluding carboxylic acids is 1. The molecule has 0 fully saturated rings. The van der Waals surface area contributed by atoms with Gasteiger partial charge in [0.2, 0.25) is 5.91 Å². The van der Waals surface area contributed by atoms with Gasteiger partial charge in [-0.2, -0.15) is 5.26 Å². The van der Waals surface area contributed by atoms with Crippen molar-refractivity contribution in [2.24, 2.45) is 0 Å². The van der Waals surface area contributed by atoms with Crippen molar-refractivity contribution >= 4 is 46.6 Å². The Bertz CT molecular complexity index is 1470. The highest BCUT2D eigenvalue weighted by molar-refractivity contribution is 8.00. The van der Waals surface area contributed by atoms with Crippen LogP contribution in [-0.2, 0) is 4.79 Å². The summed E-state index contributed by atoms with van der Waals surface area (Å²) in [5.74, 6) is 0.428. The predicted molar refractivity (Wildman–Crippen MR) is 147 cm³/mol. The predicted octanol–water partition coefficient (Wildman–Crippen LogP) is 7.64. The SMILES string of the molecule is COc1ccccc1-c1cc(-c2ccc(C)cc2)nc(SCC(=O)Nc2ccc(Cl)c(Cl)c2)c1C#N. The van der Waals surface area contributed by atoms with Crippen LogP contribution in [0.25, 0.3) is 22.4 Å². The van der Waals surface area contributed by atoms with Crippen LogP contribution in [0, 0.1) is 18.3 Å². The molecule has 0 aliphatic heterocycles. The molecule has 0 aliphatic carbocycles. The van der Waals surface area contributed by atoms with Crippen LogP contribution in [0.2, 0.25) is 10.0 Å². The molecule has 0 radical (unpaired) electrons. The number of methoxy groups -OCH3 is 1. The second-order valence-corrected chi connectivity index (χ2v) is 9.66. The van der Waals surface area contributed by atoms with E-state index in [1.54, 1.807) is 25.3 Å². The minimum Gasteiger partial charge on any atom is -0.496 e. The van der Waals surface area contributed by atoms with E-state index in [1.165, 1.54) is 11.8 Å². The second kappa shape index (κ2) is 11.5. The van der Waals surface area contributed by atoms with Crippen LogP contribution in [0.1, 0.15) is 11.1 Å². The third-order valence-electron chi connectivity index (χ3n) is 5.39. The van der Waals surface area contributed by atoms with Crippen LogP contribution in [0.4, 0.5) is 5.69 Å². The third kappa shape index (κ3) is 5.83. The van der Waals surface area contributed by atoms with E-state index in [-0.39, 0.29) is 11.7 Å². The van der Waals surface area contributed by atoms with E-state index in [0.29, 0.717) is 43.3 Å². The number of nitrogens with one attached hydrogen (secondary N) is 1. The van der Waals surface area contributed by atoms with Crippen molar-refractivity contribution < 1.29 is 9.53 Å².